The van der Waals surface area contributed by atoms with Crippen LogP contribution in [0.4, 0.5) is 0 Å². The third kappa shape index (κ3) is 6.19. The lowest BCUT2D eigenvalue weighted by Crippen LogP contribution is -2.58. The Labute approximate surface area is 210 Å². The van der Waals surface area contributed by atoms with E-state index in [9.17, 15) is 9.59 Å². The highest BCUT2D eigenvalue weighted by molar-refractivity contribution is 9.10. The van der Waals surface area contributed by atoms with Crippen LogP contribution in [0.1, 0.15) is 41.6 Å². The molecule has 7 heteroatoms. The van der Waals surface area contributed by atoms with Crippen molar-refractivity contribution in [3.05, 3.63) is 64.1 Å². The lowest BCUT2D eigenvalue weighted by molar-refractivity contribution is -0.129. The predicted molar refractivity (Wildman–Crippen MR) is 137 cm³/mol. The summed E-state index contributed by atoms with van der Waals surface area (Å²) in [7, 11) is 1.66. The average molecular weight is 528 g/mol. The van der Waals surface area contributed by atoms with Gasteiger partial charge < -0.3 is 15.0 Å². The molecule has 1 heterocycles. The summed E-state index contributed by atoms with van der Waals surface area (Å²) in [6.07, 6.45) is 5.40. The van der Waals surface area contributed by atoms with Crippen LogP contribution in [0.15, 0.2) is 53.0 Å². The number of carbonyl (C=O) groups is 2. The van der Waals surface area contributed by atoms with E-state index in [1.165, 1.54) is 18.4 Å². The third-order valence-electron chi connectivity index (χ3n) is 7.05. The molecule has 0 spiro atoms. The number of benzene rings is 2. The molecule has 2 fully saturated rings. The zero-order valence-corrected chi connectivity index (χ0v) is 21.4. The average Bonchev–Trinajstić information content (AvgIpc) is 3.39. The molecule has 2 aromatic carbocycles. The molecule has 1 N–H and O–H groups in total. The molecule has 1 aliphatic heterocycles. The minimum absolute atomic E-state index is 0.0577. The van der Waals surface area contributed by atoms with Crippen LogP contribution in [0.25, 0.3) is 0 Å². The van der Waals surface area contributed by atoms with Crippen molar-refractivity contribution in [2.75, 3.05) is 39.8 Å². The highest BCUT2D eigenvalue weighted by Gasteiger charge is 2.37. The Morgan fingerprint density at radius 3 is 2.41 bits per heavy atom. The van der Waals surface area contributed by atoms with Gasteiger partial charge in [-0.15, -0.1) is 0 Å². The standard InChI is InChI=1S/C27H34BrN3O3/c1-34-24-11-9-20(10-12-24)13-14-29-26(32)25(21-5-2-3-6-21)30-15-17-31(18-16-30)27(33)22-7-4-8-23(28)19-22/h4,7-12,19,21,25H,2-3,5-6,13-18H2,1H3,(H,29,32)/t25-/m0/s1. The Hall–Kier alpha value is -2.38. The largest absolute Gasteiger partial charge is 0.497 e. The summed E-state index contributed by atoms with van der Waals surface area (Å²) in [5.74, 6) is 1.43. The molecule has 2 aromatic rings. The van der Waals surface area contributed by atoms with Crippen LogP contribution < -0.4 is 10.1 Å². The number of hydrogen-bond acceptors (Lipinski definition) is 4. The molecule has 182 valence electrons. The van der Waals surface area contributed by atoms with Gasteiger partial charge in [0.2, 0.25) is 5.91 Å². The normalized spacial score (nSPS) is 18.0. The van der Waals surface area contributed by atoms with Crippen molar-refractivity contribution in [3.63, 3.8) is 0 Å². The van der Waals surface area contributed by atoms with E-state index >= 15 is 0 Å². The number of ether oxygens (including phenoxy) is 1. The Balaban J connectivity index is 1.33. The fourth-order valence-electron chi connectivity index (χ4n) is 5.19. The van der Waals surface area contributed by atoms with E-state index in [0.717, 1.165) is 42.6 Å². The molecule has 0 unspecified atom stereocenters. The van der Waals surface area contributed by atoms with Crippen LogP contribution in [0.5, 0.6) is 5.75 Å². The Kier molecular flexibility index (Phi) is 8.62. The number of carbonyl (C=O) groups excluding carboxylic acids is 2. The van der Waals surface area contributed by atoms with E-state index in [1.54, 1.807) is 7.11 Å². The monoisotopic (exact) mass is 527 g/mol. The van der Waals surface area contributed by atoms with Gasteiger partial charge in [0.05, 0.1) is 13.2 Å². The molecule has 4 rings (SSSR count). The number of nitrogens with one attached hydrogen (secondary N) is 1. The second-order valence-electron chi connectivity index (χ2n) is 9.22. The van der Waals surface area contributed by atoms with E-state index in [-0.39, 0.29) is 17.9 Å². The van der Waals surface area contributed by atoms with Crippen LogP contribution >= 0.6 is 15.9 Å². The van der Waals surface area contributed by atoms with Crippen LogP contribution in [0.2, 0.25) is 0 Å². The van der Waals surface area contributed by atoms with Gasteiger partial charge in [0.25, 0.3) is 5.91 Å². The molecule has 6 nitrogen and oxygen atoms in total. The summed E-state index contributed by atoms with van der Waals surface area (Å²) in [4.78, 5) is 30.5. The second kappa shape index (κ2) is 11.8. The van der Waals surface area contributed by atoms with E-state index in [4.69, 9.17) is 4.74 Å². The molecule has 0 radical (unpaired) electrons. The Bertz CT molecular complexity index is 967. The van der Waals surface area contributed by atoms with E-state index < -0.39 is 0 Å². The van der Waals surface area contributed by atoms with Crippen molar-refractivity contribution in [2.24, 2.45) is 5.92 Å². The van der Waals surface area contributed by atoms with E-state index in [1.807, 2.05) is 53.4 Å². The van der Waals surface area contributed by atoms with E-state index in [0.29, 0.717) is 31.1 Å². The summed E-state index contributed by atoms with van der Waals surface area (Å²) < 4.78 is 6.13. The number of hydrogen-bond donors (Lipinski definition) is 1. The van der Waals surface area contributed by atoms with Gasteiger partial charge in [-0.25, -0.2) is 0 Å². The minimum Gasteiger partial charge on any atom is -0.497 e. The van der Waals surface area contributed by atoms with Crippen molar-refractivity contribution in [3.8, 4) is 5.75 Å². The maximum Gasteiger partial charge on any atom is 0.253 e. The van der Waals surface area contributed by atoms with Crippen molar-refractivity contribution >= 4 is 27.7 Å². The summed E-state index contributed by atoms with van der Waals surface area (Å²) in [6.45, 7) is 3.37. The topological polar surface area (TPSA) is 61.9 Å². The maximum absolute atomic E-state index is 13.3. The number of halogens is 1. The van der Waals surface area contributed by atoms with Gasteiger partial charge in [0.15, 0.2) is 0 Å². The maximum atomic E-state index is 13.3. The van der Waals surface area contributed by atoms with Gasteiger partial charge in [-0.05, 0) is 61.1 Å². The molecule has 0 bridgehead atoms. The minimum atomic E-state index is -0.110. The quantitative estimate of drug-likeness (QED) is 0.560. The predicted octanol–water partition coefficient (Wildman–Crippen LogP) is 4.13. The lowest BCUT2D eigenvalue weighted by Gasteiger charge is -2.40. The molecular weight excluding hydrogens is 494 g/mol. The van der Waals surface area contributed by atoms with Gasteiger partial charge in [0, 0.05) is 42.8 Å². The van der Waals surface area contributed by atoms with Crippen molar-refractivity contribution in [1.82, 2.24) is 15.1 Å². The molecule has 34 heavy (non-hydrogen) atoms. The fourth-order valence-corrected chi connectivity index (χ4v) is 5.58. The van der Waals surface area contributed by atoms with Gasteiger partial charge >= 0.3 is 0 Å². The fraction of sp³-hybridized carbons (Fsp3) is 0.481. The van der Waals surface area contributed by atoms with Gasteiger partial charge in [-0.2, -0.15) is 0 Å². The van der Waals surface area contributed by atoms with Crippen molar-refractivity contribution in [2.45, 2.75) is 38.1 Å². The van der Waals surface area contributed by atoms with Gasteiger partial charge in [-0.1, -0.05) is 47.0 Å². The SMILES string of the molecule is COc1ccc(CCNC(=O)[C@H](C2CCCC2)N2CCN(C(=O)c3cccc(Br)c3)CC2)cc1. The number of nitrogens with zero attached hydrogens (tertiary/aromatic N) is 2. The summed E-state index contributed by atoms with van der Waals surface area (Å²) in [5.41, 5.74) is 1.88. The van der Waals surface area contributed by atoms with Crippen molar-refractivity contribution in [1.29, 1.82) is 0 Å². The molecule has 2 amide bonds. The number of methoxy groups -OCH3 is 1. The molecule has 2 aliphatic rings. The zero-order chi connectivity index (χ0) is 23.9. The molecule has 1 saturated heterocycles. The summed E-state index contributed by atoms with van der Waals surface area (Å²) >= 11 is 3.45. The van der Waals surface area contributed by atoms with E-state index in [2.05, 4.69) is 26.1 Å². The molecule has 1 saturated carbocycles. The lowest BCUT2D eigenvalue weighted by atomic mass is 9.94. The first-order valence-corrected chi connectivity index (χ1v) is 13.0. The molecule has 1 aliphatic carbocycles. The molecule has 0 aromatic heterocycles. The third-order valence-corrected chi connectivity index (χ3v) is 7.55. The first-order chi connectivity index (χ1) is 16.5. The van der Waals surface area contributed by atoms with Crippen LogP contribution in [-0.4, -0.2) is 67.5 Å². The number of rotatable bonds is 8. The number of piperazine rings is 1. The van der Waals surface area contributed by atoms with Gasteiger partial charge in [0.1, 0.15) is 5.75 Å². The van der Waals surface area contributed by atoms with Gasteiger partial charge in [-0.3, -0.25) is 14.5 Å². The first kappa shape index (κ1) is 24.7. The smallest absolute Gasteiger partial charge is 0.253 e. The second-order valence-corrected chi connectivity index (χ2v) is 10.1. The van der Waals surface area contributed by atoms with Crippen LogP contribution in [0.3, 0.4) is 0 Å². The van der Waals surface area contributed by atoms with Crippen LogP contribution in [0, 0.1) is 5.92 Å². The molecule has 1 atom stereocenters. The summed E-state index contributed by atoms with van der Waals surface area (Å²) in [6, 6.07) is 15.4. The summed E-state index contributed by atoms with van der Waals surface area (Å²) in [5, 5.41) is 3.20. The highest BCUT2D eigenvalue weighted by atomic mass is 79.9. The highest BCUT2D eigenvalue weighted by Crippen LogP contribution is 2.31. The Morgan fingerprint density at radius 1 is 1.06 bits per heavy atom. The van der Waals surface area contributed by atoms with Crippen LogP contribution in [-0.2, 0) is 11.2 Å². The first-order valence-electron chi connectivity index (χ1n) is 12.2. The number of amides is 2. The molecular formula is C27H34BrN3O3. The zero-order valence-electron chi connectivity index (χ0n) is 19.8. The van der Waals surface area contributed by atoms with Crippen molar-refractivity contribution < 1.29 is 14.3 Å². The Morgan fingerprint density at radius 2 is 1.76 bits per heavy atom.